The maximum absolute atomic E-state index is 14.8. The topological polar surface area (TPSA) is 87.1 Å². The number of esters is 1. The number of allylic oxidation sites excluding steroid dienone is 1. The van der Waals surface area contributed by atoms with E-state index in [1.807, 2.05) is 48.5 Å². The molecular formula is C34H42N2O5S. The molecule has 3 aliphatic heterocycles. The third-order valence-electron chi connectivity index (χ3n) is 9.23. The van der Waals surface area contributed by atoms with E-state index in [1.54, 1.807) is 27.6 Å². The smallest absolute Gasteiger partial charge is 0.310 e. The van der Waals surface area contributed by atoms with Crippen LogP contribution in [0.5, 0.6) is 0 Å². The summed E-state index contributed by atoms with van der Waals surface area (Å²) in [5, 5.41) is 11.5. The Hall–Kier alpha value is -3.10. The summed E-state index contributed by atoms with van der Waals surface area (Å²) in [4.78, 5) is 46.0. The van der Waals surface area contributed by atoms with E-state index in [0.717, 1.165) is 42.1 Å². The van der Waals surface area contributed by atoms with E-state index in [2.05, 4.69) is 20.1 Å². The molecule has 0 aliphatic carbocycles. The summed E-state index contributed by atoms with van der Waals surface area (Å²) in [5.41, 5.74) is 0.752. The third-order valence-corrected chi connectivity index (χ3v) is 11.3. The number of hydrogen-bond acceptors (Lipinski definition) is 6. The summed E-state index contributed by atoms with van der Waals surface area (Å²) in [6.45, 7) is 10.8. The maximum Gasteiger partial charge on any atom is 0.310 e. The average Bonchev–Trinajstić information content (AvgIpc) is 3.59. The number of hydrogen-bond donors (Lipinski definition) is 1. The molecule has 3 heterocycles. The number of anilines is 1. The lowest BCUT2D eigenvalue weighted by Crippen LogP contribution is -2.57. The summed E-state index contributed by atoms with van der Waals surface area (Å²) in [7, 11) is 0. The van der Waals surface area contributed by atoms with E-state index in [4.69, 9.17) is 4.74 Å². The number of ether oxygens (including phenoxy) is 1. The molecule has 3 saturated heterocycles. The van der Waals surface area contributed by atoms with Crippen molar-refractivity contribution in [3.8, 4) is 0 Å². The van der Waals surface area contributed by atoms with Crippen LogP contribution in [-0.4, -0.2) is 70.1 Å². The maximum atomic E-state index is 14.8. The second kappa shape index (κ2) is 13.0. The highest BCUT2D eigenvalue weighted by molar-refractivity contribution is 8.02. The molecule has 3 aliphatic rings. The van der Waals surface area contributed by atoms with Gasteiger partial charge in [0, 0.05) is 30.6 Å². The summed E-state index contributed by atoms with van der Waals surface area (Å²) in [6, 6.07) is 13.3. The molecule has 2 amide bonds. The molecule has 0 saturated carbocycles. The Balaban J connectivity index is 1.50. The number of nitrogens with zero attached hydrogens (tertiary/aromatic N) is 2. The Bertz CT molecular complexity index is 1350. The standard InChI is InChI=1S/C34H42N2O5S/c1-4-6-7-12-20-41-33(40)28-27-21-23(3)34(42-27)29(28)31(38)36(18-10-11-19-37)30(34)32(39)35(17-5-2)26-16-15-24-13-8-9-14-25(24)22-26/h4-5,8-9,13-16,22-23,27-30,37H,1-2,6-7,10-12,17-21H2,3H3/t23?,27-,28+,29+,30?,34?/m1/s1. The molecule has 0 aromatic heterocycles. The number of carbonyl (C=O) groups excluding carboxylic acids is 3. The fourth-order valence-corrected chi connectivity index (χ4v) is 9.71. The largest absolute Gasteiger partial charge is 0.465 e. The Labute approximate surface area is 253 Å². The van der Waals surface area contributed by atoms with Crippen LogP contribution in [0.1, 0.15) is 45.4 Å². The predicted molar refractivity (Wildman–Crippen MR) is 168 cm³/mol. The van der Waals surface area contributed by atoms with Crippen molar-refractivity contribution in [2.45, 2.75) is 61.5 Å². The summed E-state index contributed by atoms with van der Waals surface area (Å²) >= 11 is 1.66. The minimum atomic E-state index is -0.726. The zero-order valence-electron chi connectivity index (χ0n) is 24.5. The molecular weight excluding hydrogens is 548 g/mol. The molecule has 2 bridgehead atoms. The van der Waals surface area contributed by atoms with Gasteiger partial charge in [0.1, 0.15) is 6.04 Å². The van der Waals surface area contributed by atoms with Gasteiger partial charge in [0.2, 0.25) is 5.91 Å². The molecule has 1 spiro atoms. The molecule has 1 N–H and O–H groups in total. The lowest BCUT2D eigenvalue weighted by atomic mass is 9.66. The van der Waals surface area contributed by atoms with Crippen molar-refractivity contribution in [3.05, 3.63) is 67.8 Å². The molecule has 0 radical (unpaired) electrons. The van der Waals surface area contributed by atoms with Crippen molar-refractivity contribution < 1.29 is 24.2 Å². The molecule has 224 valence electrons. The first-order valence-electron chi connectivity index (χ1n) is 15.2. The van der Waals surface area contributed by atoms with Gasteiger partial charge < -0.3 is 19.6 Å². The quantitative estimate of drug-likeness (QED) is 0.181. The first-order chi connectivity index (χ1) is 20.4. The predicted octanol–water partition coefficient (Wildman–Crippen LogP) is 5.37. The van der Waals surface area contributed by atoms with Crippen LogP contribution in [-0.2, 0) is 19.1 Å². The van der Waals surface area contributed by atoms with Gasteiger partial charge in [-0.15, -0.1) is 24.9 Å². The number of rotatable bonds is 14. The number of unbranched alkanes of at least 4 members (excludes halogenated alkanes) is 3. The molecule has 2 aromatic carbocycles. The van der Waals surface area contributed by atoms with Crippen molar-refractivity contribution >= 4 is 46.0 Å². The average molecular weight is 591 g/mol. The van der Waals surface area contributed by atoms with E-state index >= 15 is 0 Å². The van der Waals surface area contributed by atoms with Gasteiger partial charge in [-0.05, 0) is 67.3 Å². The van der Waals surface area contributed by atoms with Crippen LogP contribution >= 0.6 is 11.8 Å². The van der Waals surface area contributed by atoms with Crippen molar-refractivity contribution in [2.24, 2.45) is 17.8 Å². The van der Waals surface area contributed by atoms with Gasteiger partial charge in [0.25, 0.3) is 5.91 Å². The number of thioether (sulfide) groups is 1. The molecule has 6 atom stereocenters. The van der Waals surface area contributed by atoms with E-state index in [9.17, 15) is 19.5 Å². The minimum absolute atomic E-state index is 0.0168. The zero-order chi connectivity index (χ0) is 29.9. The van der Waals surface area contributed by atoms with Crippen molar-refractivity contribution in [1.29, 1.82) is 0 Å². The first kappa shape index (κ1) is 30.4. The van der Waals surface area contributed by atoms with Crippen molar-refractivity contribution in [2.75, 3.05) is 31.2 Å². The Morgan fingerprint density at radius 2 is 1.90 bits per heavy atom. The van der Waals surface area contributed by atoms with Crippen molar-refractivity contribution in [1.82, 2.24) is 4.90 Å². The normalized spacial score (nSPS) is 27.7. The van der Waals surface area contributed by atoms with E-state index < -0.39 is 22.6 Å². The van der Waals surface area contributed by atoms with Gasteiger partial charge in [-0.3, -0.25) is 14.4 Å². The van der Waals surface area contributed by atoms with Crippen LogP contribution in [0.25, 0.3) is 10.8 Å². The number of likely N-dealkylation sites (tertiary alicyclic amines) is 1. The Morgan fingerprint density at radius 1 is 1.12 bits per heavy atom. The molecule has 2 aromatic rings. The first-order valence-corrected chi connectivity index (χ1v) is 16.0. The number of benzene rings is 2. The van der Waals surface area contributed by atoms with E-state index in [1.165, 1.54) is 0 Å². The van der Waals surface area contributed by atoms with Crippen LogP contribution in [0.15, 0.2) is 67.8 Å². The zero-order valence-corrected chi connectivity index (χ0v) is 25.3. The summed E-state index contributed by atoms with van der Waals surface area (Å²) < 4.78 is 5.02. The molecule has 3 unspecified atom stereocenters. The van der Waals surface area contributed by atoms with Crippen LogP contribution in [0.4, 0.5) is 5.69 Å². The SMILES string of the molecule is C=CCCCCOC(=O)[C@@H]1[C@H]2C(=O)N(CCCCO)C(C(=O)N(CC=C)c3ccc4ccccc4c3)C23S[C@@H]1CC3C. The molecule has 7 nitrogen and oxygen atoms in total. The Kier molecular flexibility index (Phi) is 9.43. The van der Waals surface area contributed by atoms with E-state index in [0.29, 0.717) is 32.5 Å². The number of aliphatic hydroxyl groups excluding tert-OH is 1. The minimum Gasteiger partial charge on any atom is -0.465 e. The fraction of sp³-hybridized carbons (Fsp3) is 0.500. The number of amides is 2. The second-order valence-electron chi connectivity index (χ2n) is 11.7. The van der Waals surface area contributed by atoms with Gasteiger partial charge in [-0.2, -0.15) is 0 Å². The highest BCUT2D eigenvalue weighted by Gasteiger charge is 2.76. The Morgan fingerprint density at radius 3 is 2.64 bits per heavy atom. The van der Waals surface area contributed by atoms with E-state index in [-0.39, 0.29) is 35.6 Å². The monoisotopic (exact) mass is 590 g/mol. The van der Waals surface area contributed by atoms with Gasteiger partial charge in [-0.25, -0.2) is 0 Å². The van der Waals surface area contributed by atoms with Gasteiger partial charge >= 0.3 is 5.97 Å². The van der Waals surface area contributed by atoms with Gasteiger partial charge in [-0.1, -0.05) is 49.4 Å². The van der Waals surface area contributed by atoms with Crippen LogP contribution in [0.2, 0.25) is 0 Å². The van der Waals surface area contributed by atoms with Gasteiger partial charge in [0.05, 0.1) is 23.2 Å². The highest BCUT2D eigenvalue weighted by atomic mass is 32.2. The second-order valence-corrected chi connectivity index (χ2v) is 13.3. The molecule has 3 fully saturated rings. The van der Waals surface area contributed by atoms with Crippen molar-refractivity contribution in [3.63, 3.8) is 0 Å². The lowest BCUT2D eigenvalue weighted by Gasteiger charge is -2.40. The van der Waals surface area contributed by atoms with Gasteiger partial charge in [0.15, 0.2) is 0 Å². The van der Waals surface area contributed by atoms with Crippen LogP contribution in [0.3, 0.4) is 0 Å². The third kappa shape index (κ3) is 5.28. The summed E-state index contributed by atoms with van der Waals surface area (Å²) in [6.07, 6.45) is 7.95. The summed E-state index contributed by atoms with van der Waals surface area (Å²) in [5.74, 6) is -1.72. The lowest BCUT2D eigenvalue weighted by molar-refractivity contribution is -0.154. The highest BCUT2D eigenvalue weighted by Crippen LogP contribution is 2.68. The number of aliphatic hydroxyl groups is 1. The number of carbonyl (C=O) groups is 3. The molecule has 42 heavy (non-hydrogen) atoms. The molecule has 8 heteroatoms. The van der Waals surface area contributed by atoms with Crippen LogP contribution < -0.4 is 4.90 Å². The number of fused-ring (bicyclic) bond motifs is 2. The fourth-order valence-electron chi connectivity index (χ4n) is 7.31. The molecule has 5 rings (SSSR count). The van der Waals surface area contributed by atoms with Crippen LogP contribution in [0, 0.1) is 17.8 Å².